The van der Waals surface area contributed by atoms with Crippen molar-refractivity contribution in [2.45, 2.75) is 25.8 Å². The summed E-state index contributed by atoms with van der Waals surface area (Å²) in [6.07, 6.45) is -6.91. The van der Waals surface area contributed by atoms with Gasteiger partial charge in [-0.25, -0.2) is 4.79 Å². The molecule has 2 fully saturated rings. The van der Waals surface area contributed by atoms with Crippen molar-refractivity contribution in [3.05, 3.63) is 47.3 Å². The maximum Gasteiger partial charge on any atom is 0.416 e. The van der Waals surface area contributed by atoms with Crippen LogP contribution in [0.5, 0.6) is 0 Å². The van der Waals surface area contributed by atoms with Gasteiger partial charge in [0.2, 0.25) is 5.91 Å². The minimum atomic E-state index is -4.88. The van der Waals surface area contributed by atoms with Gasteiger partial charge in [0.15, 0.2) is 0 Å². The molecule has 1 aromatic carbocycles. The summed E-state index contributed by atoms with van der Waals surface area (Å²) in [4.78, 5) is 29.1. The molecule has 2 atom stereocenters. The largest absolute Gasteiger partial charge is 0.416 e. The molecule has 2 aliphatic heterocycles. The van der Waals surface area contributed by atoms with Crippen molar-refractivity contribution in [1.29, 1.82) is 0 Å². The second-order valence-corrected chi connectivity index (χ2v) is 9.04. The van der Waals surface area contributed by atoms with E-state index in [9.17, 15) is 35.9 Å². The SMILES string of the molecule is CC(=O)N(C)c1cnn(C(=O)N2CC3CN(Cc4cc(C(F)(F)F)cc(C(F)(F)F)c4)CC3C2)c1. The molecular formula is C22H23F6N5O2. The second kappa shape index (κ2) is 8.85. The average molecular weight is 503 g/mol. The first-order chi connectivity index (χ1) is 16.2. The first kappa shape index (κ1) is 25.0. The van der Waals surface area contributed by atoms with Crippen LogP contribution in [0.25, 0.3) is 0 Å². The highest BCUT2D eigenvalue weighted by Gasteiger charge is 2.42. The minimum absolute atomic E-state index is 0.0433. The normalized spacial score (nSPS) is 20.9. The number of hydrogen-bond acceptors (Lipinski definition) is 4. The van der Waals surface area contributed by atoms with Gasteiger partial charge in [-0.05, 0) is 35.6 Å². The third-order valence-corrected chi connectivity index (χ3v) is 6.51. The third-order valence-electron chi connectivity index (χ3n) is 6.51. The van der Waals surface area contributed by atoms with Gasteiger partial charge in [0.1, 0.15) is 0 Å². The van der Waals surface area contributed by atoms with Crippen molar-refractivity contribution in [1.82, 2.24) is 19.6 Å². The van der Waals surface area contributed by atoms with Crippen LogP contribution >= 0.6 is 0 Å². The minimum Gasteiger partial charge on any atom is -0.322 e. The molecule has 2 amide bonds. The van der Waals surface area contributed by atoms with Crippen LogP contribution in [0.15, 0.2) is 30.6 Å². The van der Waals surface area contributed by atoms with E-state index in [1.807, 2.05) is 4.90 Å². The van der Waals surface area contributed by atoms with Crippen molar-refractivity contribution in [3.8, 4) is 0 Å². The number of halogens is 6. The molecule has 13 heteroatoms. The number of anilines is 1. The topological polar surface area (TPSA) is 61.7 Å². The van der Waals surface area contributed by atoms with Gasteiger partial charge >= 0.3 is 18.4 Å². The van der Waals surface area contributed by atoms with Crippen LogP contribution < -0.4 is 4.90 Å². The van der Waals surface area contributed by atoms with Gasteiger partial charge < -0.3 is 9.80 Å². The Kier molecular flexibility index (Phi) is 6.32. The molecule has 35 heavy (non-hydrogen) atoms. The number of fused-ring (bicyclic) bond motifs is 1. The number of amides is 2. The molecule has 1 aromatic heterocycles. The maximum atomic E-state index is 13.1. The van der Waals surface area contributed by atoms with Gasteiger partial charge in [-0.2, -0.15) is 36.1 Å². The van der Waals surface area contributed by atoms with Crippen LogP contribution in [0.4, 0.5) is 36.8 Å². The lowest BCUT2D eigenvalue weighted by Crippen LogP contribution is -2.36. The molecule has 0 radical (unpaired) electrons. The lowest BCUT2D eigenvalue weighted by Gasteiger charge is -2.22. The van der Waals surface area contributed by atoms with Gasteiger partial charge in [0.25, 0.3) is 0 Å². The molecule has 0 bridgehead atoms. The summed E-state index contributed by atoms with van der Waals surface area (Å²) in [7, 11) is 1.56. The van der Waals surface area contributed by atoms with Crippen molar-refractivity contribution < 1.29 is 35.9 Å². The molecule has 7 nitrogen and oxygen atoms in total. The molecule has 0 saturated carbocycles. The molecule has 2 saturated heterocycles. The lowest BCUT2D eigenvalue weighted by molar-refractivity contribution is -0.143. The number of alkyl halides is 6. The Hall–Kier alpha value is -3.09. The lowest BCUT2D eigenvalue weighted by atomic mass is 10.0. The molecular weight excluding hydrogens is 480 g/mol. The Morgan fingerprint density at radius 1 is 0.971 bits per heavy atom. The van der Waals surface area contributed by atoms with E-state index in [1.54, 1.807) is 11.9 Å². The molecule has 190 valence electrons. The standard InChI is InChI=1S/C22H23F6N5O2/c1-13(34)30(2)19-6-29-33(12-19)20(35)32-10-15-8-31(9-16(15)11-32)7-14-3-17(21(23,24)25)5-18(4-14)22(26,27)28/h3-6,12,15-16H,7-11H2,1-2H3. The summed E-state index contributed by atoms with van der Waals surface area (Å²) >= 11 is 0. The zero-order valence-corrected chi connectivity index (χ0v) is 18.9. The van der Waals surface area contributed by atoms with E-state index in [0.29, 0.717) is 31.9 Å². The molecule has 4 rings (SSSR count). The fourth-order valence-electron chi connectivity index (χ4n) is 4.66. The fraction of sp³-hybridized carbons (Fsp3) is 0.500. The van der Waals surface area contributed by atoms with Gasteiger partial charge in [-0.3, -0.25) is 9.69 Å². The maximum absolute atomic E-state index is 13.1. The number of carbonyl (C=O) groups is 2. The summed E-state index contributed by atoms with van der Waals surface area (Å²) in [5.41, 5.74) is -2.24. The van der Waals surface area contributed by atoms with Gasteiger partial charge in [-0.1, -0.05) is 0 Å². The quantitative estimate of drug-likeness (QED) is 0.596. The van der Waals surface area contributed by atoms with Crippen LogP contribution in [0.1, 0.15) is 23.6 Å². The number of nitrogens with zero attached hydrogens (tertiary/aromatic N) is 5. The van der Waals surface area contributed by atoms with E-state index in [4.69, 9.17) is 0 Å². The molecule has 2 aromatic rings. The van der Waals surface area contributed by atoms with E-state index in [1.165, 1.54) is 24.2 Å². The van der Waals surface area contributed by atoms with E-state index < -0.39 is 23.5 Å². The summed E-state index contributed by atoms with van der Waals surface area (Å²) in [5.74, 6) is -0.126. The predicted octanol–water partition coefficient (Wildman–Crippen LogP) is 3.94. The zero-order chi connectivity index (χ0) is 25.7. The number of aromatic nitrogens is 2. The number of rotatable bonds is 3. The number of likely N-dealkylation sites (tertiary alicyclic amines) is 2. The van der Waals surface area contributed by atoms with Crippen LogP contribution in [-0.2, 0) is 23.7 Å². The van der Waals surface area contributed by atoms with E-state index >= 15 is 0 Å². The van der Waals surface area contributed by atoms with Gasteiger partial charge in [0.05, 0.1) is 29.2 Å². The number of benzene rings is 1. The van der Waals surface area contributed by atoms with Crippen LogP contribution in [0, 0.1) is 11.8 Å². The number of hydrogen-bond donors (Lipinski definition) is 0. The Balaban J connectivity index is 1.40. The van der Waals surface area contributed by atoms with E-state index in [0.717, 1.165) is 16.8 Å². The van der Waals surface area contributed by atoms with Crippen molar-refractivity contribution in [3.63, 3.8) is 0 Å². The molecule has 0 N–H and O–H groups in total. The van der Waals surface area contributed by atoms with E-state index in [-0.39, 0.29) is 41.9 Å². The third kappa shape index (κ3) is 5.29. The number of carbonyl (C=O) groups excluding carboxylic acids is 2. The Morgan fingerprint density at radius 3 is 2.00 bits per heavy atom. The summed E-state index contributed by atoms with van der Waals surface area (Å²) in [6, 6.07) is 1.28. The molecule has 2 unspecified atom stereocenters. The fourth-order valence-corrected chi connectivity index (χ4v) is 4.66. The molecule has 3 heterocycles. The van der Waals surface area contributed by atoms with Crippen molar-refractivity contribution >= 4 is 17.6 Å². The highest BCUT2D eigenvalue weighted by atomic mass is 19.4. The molecule has 0 spiro atoms. The first-order valence-electron chi connectivity index (χ1n) is 10.8. The Labute approximate surface area is 196 Å². The van der Waals surface area contributed by atoms with Gasteiger partial charge in [-0.15, -0.1) is 0 Å². The van der Waals surface area contributed by atoms with Crippen molar-refractivity contribution in [2.75, 3.05) is 38.1 Å². The Morgan fingerprint density at radius 2 is 1.51 bits per heavy atom. The summed E-state index contributed by atoms with van der Waals surface area (Å²) in [5, 5.41) is 4.02. The molecule has 2 aliphatic rings. The summed E-state index contributed by atoms with van der Waals surface area (Å²) in [6.45, 7) is 3.03. The van der Waals surface area contributed by atoms with Crippen LogP contribution in [0.2, 0.25) is 0 Å². The second-order valence-electron chi connectivity index (χ2n) is 9.04. The highest BCUT2D eigenvalue weighted by molar-refractivity contribution is 5.91. The molecule has 0 aliphatic carbocycles. The van der Waals surface area contributed by atoms with Crippen LogP contribution in [-0.4, -0.2) is 64.7 Å². The predicted molar refractivity (Wildman–Crippen MR) is 112 cm³/mol. The smallest absolute Gasteiger partial charge is 0.322 e. The average Bonchev–Trinajstić information content (AvgIpc) is 3.46. The van der Waals surface area contributed by atoms with E-state index in [2.05, 4.69) is 5.10 Å². The zero-order valence-electron chi connectivity index (χ0n) is 18.9. The first-order valence-corrected chi connectivity index (χ1v) is 10.8. The van der Waals surface area contributed by atoms with Crippen molar-refractivity contribution in [2.24, 2.45) is 11.8 Å². The van der Waals surface area contributed by atoms with Gasteiger partial charge in [0, 0.05) is 46.7 Å². The Bertz CT molecular complexity index is 1080. The highest BCUT2D eigenvalue weighted by Crippen LogP contribution is 2.38. The monoisotopic (exact) mass is 503 g/mol. The summed E-state index contributed by atoms with van der Waals surface area (Å²) < 4.78 is 80.0. The van der Waals surface area contributed by atoms with Crippen LogP contribution in [0.3, 0.4) is 0 Å².